The van der Waals surface area contributed by atoms with Crippen LogP contribution in [-0.4, -0.2) is 34.7 Å². The third-order valence-electron chi connectivity index (χ3n) is 3.73. The fourth-order valence-electron chi connectivity index (χ4n) is 2.54. The van der Waals surface area contributed by atoms with Gasteiger partial charge in [0.25, 0.3) is 0 Å². The molecule has 1 aromatic heterocycles. The fraction of sp³-hybridized carbons (Fsp3) is 0.294. The number of para-hydroxylation sites is 1. The van der Waals surface area contributed by atoms with E-state index in [-0.39, 0.29) is 11.7 Å². The van der Waals surface area contributed by atoms with Crippen molar-refractivity contribution in [3.8, 4) is 6.07 Å². The van der Waals surface area contributed by atoms with Gasteiger partial charge in [-0.15, -0.1) is 0 Å². The SMILES string of the molecule is N#Cc1ccccc1NC(=O)CSc1cc(N2CCCC2)ncn1. The van der Waals surface area contributed by atoms with Crippen molar-refractivity contribution >= 4 is 29.2 Å². The molecule has 1 N–H and O–H groups in total. The summed E-state index contributed by atoms with van der Waals surface area (Å²) in [4.78, 5) is 22.9. The van der Waals surface area contributed by atoms with Crippen molar-refractivity contribution < 1.29 is 4.79 Å². The van der Waals surface area contributed by atoms with E-state index < -0.39 is 0 Å². The molecule has 2 heterocycles. The number of hydrogen-bond donors (Lipinski definition) is 1. The van der Waals surface area contributed by atoms with E-state index in [1.807, 2.05) is 6.07 Å². The van der Waals surface area contributed by atoms with Gasteiger partial charge in [-0.05, 0) is 25.0 Å². The first-order valence-corrected chi connectivity index (χ1v) is 8.73. The molecule has 0 unspecified atom stereocenters. The van der Waals surface area contributed by atoms with Gasteiger partial charge in [-0.1, -0.05) is 23.9 Å². The van der Waals surface area contributed by atoms with Crippen LogP contribution in [0.4, 0.5) is 11.5 Å². The largest absolute Gasteiger partial charge is 0.356 e. The average Bonchev–Trinajstić information content (AvgIpc) is 3.15. The molecule has 0 atom stereocenters. The highest BCUT2D eigenvalue weighted by Gasteiger charge is 2.14. The van der Waals surface area contributed by atoms with Crippen molar-refractivity contribution in [1.82, 2.24) is 9.97 Å². The van der Waals surface area contributed by atoms with Crippen LogP contribution in [0.5, 0.6) is 0 Å². The summed E-state index contributed by atoms with van der Waals surface area (Å²) in [6, 6.07) is 10.9. The van der Waals surface area contributed by atoms with Crippen LogP contribution in [-0.2, 0) is 4.79 Å². The van der Waals surface area contributed by atoms with Crippen molar-refractivity contribution in [2.75, 3.05) is 29.1 Å². The van der Waals surface area contributed by atoms with Crippen LogP contribution in [0.2, 0.25) is 0 Å². The van der Waals surface area contributed by atoms with Gasteiger partial charge in [-0.2, -0.15) is 5.26 Å². The molecule has 2 aromatic rings. The Bertz CT molecular complexity index is 768. The molecule has 6 nitrogen and oxygen atoms in total. The number of carbonyl (C=O) groups excluding carboxylic acids is 1. The molecule has 1 aliphatic rings. The quantitative estimate of drug-likeness (QED) is 0.666. The molecule has 1 amide bonds. The Morgan fingerprint density at radius 1 is 1.29 bits per heavy atom. The van der Waals surface area contributed by atoms with Gasteiger partial charge in [0, 0.05) is 19.2 Å². The number of hydrogen-bond acceptors (Lipinski definition) is 6. The Labute approximate surface area is 144 Å². The zero-order chi connectivity index (χ0) is 16.8. The van der Waals surface area contributed by atoms with Gasteiger partial charge in [-0.25, -0.2) is 9.97 Å². The minimum absolute atomic E-state index is 0.163. The van der Waals surface area contributed by atoms with Crippen LogP contribution in [0.1, 0.15) is 18.4 Å². The van der Waals surface area contributed by atoms with Gasteiger partial charge in [0.2, 0.25) is 5.91 Å². The van der Waals surface area contributed by atoms with Crippen LogP contribution in [0, 0.1) is 11.3 Å². The molecule has 0 bridgehead atoms. The Kier molecular flexibility index (Phi) is 5.29. The predicted octanol–water partition coefficient (Wildman–Crippen LogP) is 2.68. The zero-order valence-corrected chi connectivity index (χ0v) is 13.9. The highest BCUT2D eigenvalue weighted by molar-refractivity contribution is 7.99. The van der Waals surface area contributed by atoms with E-state index in [0.717, 1.165) is 23.9 Å². The Morgan fingerprint density at radius 3 is 2.88 bits per heavy atom. The van der Waals surface area contributed by atoms with Crippen LogP contribution in [0.15, 0.2) is 41.7 Å². The fourth-order valence-corrected chi connectivity index (χ4v) is 3.20. The van der Waals surface area contributed by atoms with Crippen molar-refractivity contribution in [2.45, 2.75) is 17.9 Å². The maximum atomic E-state index is 12.1. The second-order valence-electron chi connectivity index (χ2n) is 5.40. The average molecular weight is 339 g/mol. The topological polar surface area (TPSA) is 81.9 Å². The third kappa shape index (κ3) is 4.03. The number of nitriles is 1. The van der Waals surface area contributed by atoms with E-state index in [2.05, 4.69) is 26.3 Å². The Balaban J connectivity index is 1.58. The molecule has 1 saturated heterocycles. The van der Waals surface area contributed by atoms with Crippen molar-refractivity contribution in [3.05, 3.63) is 42.2 Å². The van der Waals surface area contributed by atoms with Gasteiger partial charge in [0.05, 0.1) is 17.0 Å². The summed E-state index contributed by atoms with van der Waals surface area (Å²) >= 11 is 1.36. The number of carbonyl (C=O) groups is 1. The summed E-state index contributed by atoms with van der Waals surface area (Å²) < 4.78 is 0. The van der Waals surface area contributed by atoms with E-state index in [1.54, 1.807) is 30.6 Å². The maximum absolute atomic E-state index is 12.1. The summed E-state index contributed by atoms with van der Waals surface area (Å²) in [6.45, 7) is 2.04. The number of thioether (sulfide) groups is 1. The Morgan fingerprint density at radius 2 is 2.08 bits per heavy atom. The highest BCUT2D eigenvalue weighted by atomic mass is 32.2. The van der Waals surface area contributed by atoms with E-state index in [0.29, 0.717) is 11.3 Å². The molecule has 122 valence electrons. The molecule has 1 aliphatic heterocycles. The molecule has 0 saturated carbocycles. The molecule has 0 aliphatic carbocycles. The summed E-state index contributed by atoms with van der Waals surface area (Å²) in [6.07, 6.45) is 3.92. The second kappa shape index (κ2) is 7.79. The van der Waals surface area contributed by atoms with Crippen molar-refractivity contribution in [1.29, 1.82) is 5.26 Å². The first-order chi connectivity index (χ1) is 11.8. The minimum Gasteiger partial charge on any atom is -0.356 e. The zero-order valence-electron chi connectivity index (χ0n) is 13.1. The maximum Gasteiger partial charge on any atom is 0.234 e. The highest BCUT2D eigenvalue weighted by Crippen LogP contribution is 2.23. The van der Waals surface area contributed by atoms with Gasteiger partial charge in [-0.3, -0.25) is 4.79 Å². The number of anilines is 2. The van der Waals surface area contributed by atoms with Crippen molar-refractivity contribution in [3.63, 3.8) is 0 Å². The third-order valence-corrected chi connectivity index (χ3v) is 4.66. The monoisotopic (exact) mass is 339 g/mol. The van der Waals surface area contributed by atoms with Crippen molar-refractivity contribution in [2.24, 2.45) is 0 Å². The van der Waals surface area contributed by atoms with Gasteiger partial charge in [0.15, 0.2) is 0 Å². The first kappa shape index (κ1) is 16.3. The van der Waals surface area contributed by atoms with Gasteiger partial charge >= 0.3 is 0 Å². The number of aromatic nitrogens is 2. The molecule has 0 spiro atoms. The van der Waals surface area contributed by atoms with Crippen LogP contribution in [0.3, 0.4) is 0 Å². The lowest BCUT2D eigenvalue weighted by Crippen LogP contribution is -2.19. The molecule has 1 fully saturated rings. The molecule has 7 heteroatoms. The van der Waals surface area contributed by atoms with E-state index in [9.17, 15) is 4.79 Å². The van der Waals surface area contributed by atoms with E-state index in [4.69, 9.17) is 5.26 Å². The summed E-state index contributed by atoms with van der Waals surface area (Å²) in [5.74, 6) is 0.986. The van der Waals surface area contributed by atoms with Gasteiger partial charge in [0.1, 0.15) is 23.2 Å². The summed E-state index contributed by atoms with van der Waals surface area (Å²) in [5.41, 5.74) is 0.986. The minimum atomic E-state index is -0.163. The van der Waals surface area contributed by atoms with E-state index >= 15 is 0 Å². The number of benzene rings is 1. The first-order valence-electron chi connectivity index (χ1n) is 7.75. The Hall–Kier alpha value is -2.59. The lowest BCUT2D eigenvalue weighted by Gasteiger charge is -2.16. The lowest BCUT2D eigenvalue weighted by molar-refractivity contribution is -0.113. The van der Waals surface area contributed by atoms with Crippen LogP contribution in [0.25, 0.3) is 0 Å². The number of rotatable bonds is 5. The predicted molar refractivity (Wildman–Crippen MR) is 94.0 cm³/mol. The number of amides is 1. The van der Waals surface area contributed by atoms with Crippen LogP contribution < -0.4 is 10.2 Å². The standard InChI is InChI=1S/C17H17N5OS/c18-10-13-5-1-2-6-14(13)21-16(23)11-24-17-9-15(19-12-20-17)22-7-3-4-8-22/h1-2,5-6,9,12H,3-4,7-8,11H2,(H,21,23). The molecule has 3 rings (SSSR count). The number of nitrogens with one attached hydrogen (secondary N) is 1. The van der Waals surface area contributed by atoms with Gasteiger partial charge < -0.3 is 10.2 Å². The lowest BCUT2D eigenvalue weighted by atomic mass is 10.2. The molecule has 24 heavy (non-hydrogen) atoms. The molecular weight excluding hydrogens is 322 g/mol. The molecule has 1 aromatic carbocycles. The normalized spacial score (nSPS) is 13.5. The van der Waals surface area contributed by atoms with Crippen LogP contribution >= 0.6 is 11.8 Å². The molecular formula is C17H17N5OS. The van der Waals surface area contributed by atoms with E-state index in [1.165, 1.54) is 24.6 Å². The summed E-state index contributed by atoms with van der Waals surface area (Å²) in [7, 11) is 0. The second-order valence-corrected chi connectivity index (χ2v) is 6.40. The molecule has 0 radical (unpaired) electrons. The number of nitrogens with zero attached hydrogens (tertiary/aromatic N) is 4. The smallest absolute Gasteiger partial charge is 0.234 e. The summed E-state index contributed by atoms with van der Waals surface area (Å²) in [5, 5.41) is 12.6.